The van der Waals surface area contributed by atoms with Crippen molar-refractivity contribution in [3.8, 4) is 5.88 Å². The van der Waals surface area contributed by atoms with E-state index in [4.69, 9.17) is 4.74 Å². The van der Waals surface area contributed by atoms with Crippen LogP contribution in [-0.2, 0) is 6.61 Å². The Morgan fingerprint density at radius 1 is 0.909 bits per heavy atom. The third kappa shape index (κ3) is 2.40. The van der Waals surface area contributed by atoms with Crippen LogP contribution in [0.25, 0.3) is 21.1 Å². The molecule has 0 atom stereocenters. The van der Waals surface area contributed by atoms with Crippen LogP contribution in [0.2, 0.25) is 0 Å². The Labute approximate surface area is 131 Å². The lowest BCUT2D eigenvalue weighted by atomic mass is 10.2. The van der Waals surface area contributed by atoms with Crippen LogP contribution in [0, 0.1) is 6.92 Å². The van der Waals surface area contributed by atoms with Gasteiger partial charge in [0, 0.05) is 0 Å². The molecule has 4 rings (SSSR count). The van der Waals surface area contributed by atoms with Gasteiger partial charge in [0.2, 0.25) is 5.88 Å². The zero-order chi connectivity index (χ0) is 14.9. The Morgan fingerprint density at radius 3 is 2.55 bits per heavy atom. The summed E-state index contributed by atoms with van der Waals surface area (Å²) in [6.07, 6.45) is 0. The fraction of sp³-hybridized carbons (Fsp3) is 0.118. The first kappa shape index (κ1) is 13.2. The van der Waals surface area contributed by atoms with Crippen LogP contribution >= 0.6 is 11.3 Å². The molecule has 2 aromatic heterocycles. The smallest absolute Gasteiger partial charge is 0.225 e. The molecule has 0 saturated heterocycles. The molecule has 0 unspecified atom stereocenters. The number of fused-ring (bicyclic) bond motifs is 2. The Balaban J connectivity index is 1.66. The zero-order valence-electron chi connectivity index (χ0n) is 12.0. The summed E-state index contributed by atoms with van der Waals surface area (Å²) in [4.78, 5) is 13.4. The van der Waals surface area contributed by atoms with Crippen LogP contribution in [0.1, 0.15) is 10.8 Å². The van der Waals surface area contributed by atoms with Gasteiger partial charge in [0.25, 0.3) is 0 Å². The summed E-state index contributed by atoms with van der Waals surface area (Å²) >= 11 is 1.65. The molecule has 108 valence electrons. The van der Waals surface area contributed by atoms with Crippen LogP contribution in [0.4, 0.5) is 0 Å². The van der Waals surface area contributed by atoms with Crippen molar-refractivity contribution in [3.63, 3.8) is 0 Å². The molecule has 0 amide bonds. The number of aryl methyl sites for hydroxylation is 1. The van der Waals surface area contributed by atoms with E-state index in [9.17, 15) is 0 Å². The van der Waals surface area contributed by atoms with Crippen molar-refractivity contribution in [2.45, 2.75) is 13.5 Å². The Morgan fingerprint density at radius 2 is 1.68 bits per heavy atom. The molecular weight excluding hydrogens is 294 g/mol. The fourth-order valence-corrected chi connectivity index (χ4v) is 3.26. The van der Waals surface area contributed by atoms with Crippen molar-refractivity contribution in [1.29, 1.82) is 0 Å². The molecule has 0 spiro atoms. The molecule has 4 aromatic rings. The minimum Gasteiger partial charge on any atom is -0.470 e. The summed E-state index contributed by atoms with van der Waals surface area (Å²) in [6, 6.07) is 16.0. The number of rotatable bonds is 3. The second kappa shape index (κ2) is 5.35. The van der Waals surface area contributed by atoms with E-state index < -0.39 is 0 Å². The highest BCUT2D eigenvalue weighted by Gasteiger charge is 2.09. The lowest BCUT2D eigenvalue weighted by Gasteiger charge is -2.07. The highest BCUT2D eigenvalue weighted by molar-refractivity contribution is 7.18. The van der Waals surface area contributed by atoms with Crippen LogP contribution in [-0.4, -0.2) is 15.0 Å². The predicted molar refractivity (Wildman–Crippen MR) is 88.2 cm³/mol. The number of nitrogens with zero attached hydrogens (tertiary/aromatic N) is 3. The molecule has 5 heteroatoms. The van der Waals surface area contributed by atoms with Crippen molar-refractivity contribution in [3.05, 3.63) is 59.4 Å². The standard InChI is InChI=1S/C17H13N3OS/c1-11-18-13-7-3-2-6-12(13)17(19-11)21-10-16-20-14-8-4-5-9-15(14)22-16/h2-9H,10H2,1H3. The maximum absolute atomic E-state index is 5.91. The topological polar surface area (TPSA) is 47.9 Å². The molecule has 0 bridgehead atoms. The van der Waals surface area contributed by atoms with Crippen molar-refractivity contribution >= 4 is 32.5 Å². The summed E-state index contributed by atoms with van der Waals surface area (Å²) in [5.74, 6) is 1.32. The van der Waals surface area contributed by atoms with Gasteiger partial charge >= 0.3 is 0 Å². The molecule has 0 saturated carbocycles. The van der Waals surface area contributed by atoms with Crippen LogP contribution < -0.4 is 4.74 Å². The molecule has 4 nitrogen and oxygen atoms in total. The molecule has 0 N–H and O–H groups in total. The largest absolute Gasteiger partial charge is 0.470 e. The third-order valence-electron chi connectivity index (χ3n) is 3.35. The number of hydrogen-bond donors (Lipinski definition) is 0. The average molecular weight is 307 g/mol. The monoisotopic (exact) mass is 307 g/mol. The molecule has 0 aliphatic heterocycles. The molecule has 2 aromatic carbocycles. The molecule has 0 aliphatic carbocycles. The molecular formula is C17H13N3OS. The van der Waals surface area contributed by atoms with E-state index in [2.05, 4.69) is 21.0 Å². The van der Waals surface area contributed by atoms with Gasteiger partial charge in [-0.15, -0.1) is 11.3 Å². The quantitative estimate of drug-likeness (QED) is 0.571. The summed E-state index contributed by atoms with van der Waals surface area (Å²) in [6.45, 7) is 2.29. The van der Waals surface area contributed by atoms with E-state index in [1.54, 1.807) is 11.3 Å². The molecule has 0 aliphatic rings. The highest BCUT2D eigenvalue weighted by atomic mass is 32.1. The van der Waals surface area contributed by atoms with E-state index in [0.717, 1.165) is 21.4 Å². The van der Waals surface area contributed by atoms with Gasteiger partial charge in [0.15, 0.2) is 0 Å². The average Bonchev–Trinajstić information content (AvgIpc) is 2.95. The van der Waals surface area contributed by atoms with Gasteiger partial charge in [0.05, 0.1) is 21.1 Å². The SMILES string of the molecule is Cc1nc(OCc2nc3ccccc3s2)c2ccccc2n1. The van der Waals surface area contributed by atoms with Crippen molar-refractivity contribution in [2.24, 2.45) is 0 Å². The maximum atomic E-state index is 5.91. The number of hydrogen-bond acceptors (Lipinski definition) is 5. The van der Waals surface area contributed by atoms with E-state index >= 15 is 0 Å². The molecule has 0 radical (unpaired) electrons. The van der Waals surface area contributed by atoms with Crippen molar-refractivity contribution in [2.75, 3.05) is 0 Å². The van der Waals surface area contributed by atoms with Gasteiger partial charge in [-0.2, -0.15) is 4.98 Å². The van der Waals surface area contributed by atoms with Gasteiger partial charge in [-0.3, -0.25) is 0 Å². The second-order valence-electron chi connectivity index (χ2n) is 4.96. The van der Waals surface area contributed by atoms with Gasteiger partial charge in [-0.1, -0.05) is 24.3 Å². The number of para-hydroxylation sites is 2. The van der Waals surface area contributed by atoms with Crippen LogP contribution in [0.15, 0.2) is 48.5 Å². The van der Waals surface area contributed by atoms with Gasteiger partial charge in [-0.05, 0) is 31.2 Å². The normalized spacial score (nSPS) is 11.1. The predicted octanol–water partition coefficient (Wildman–Crippen LogP) is 4.13. The maximum Gasteiger partial charge on any atom is 0.225 e. The van der Waals surface area contributed by atoms with Crippen LogP contribution in [0.3, 0.4) is 0 Å². The molecule has 0 fully saturated rings. The summed E-state index contributed by atoms with van der Waals surface area (Å²) in [5.41, 5.74) is 1.91. The van der Waals surface area contributed by atoms with E-state index in [0.29, 0.717) is 18.3 Å². The van der Waals surface area contributed by atoms with Gasteiger partial charge in [0.1, 0.15) is 17.4 Å². The number of ether oxygens (including phenoxy) is 1. The summed E-state index contributed by atoms with van der Waals surface area (Å²) in [5, 5.41) is 1.87. The van der Waals surface area contributed by atoms with Crippen LogP contribution in [0.5, 0.6) is 5.88 Å². The van der Waals surface area contributed by atoms with Gasteiger partial charge in [-0.25, -0.2) is 9.97 Å². The minimum atomic E-state index is 0.416. The Bertz CT molecular complexity index is 931. The summed E-state index contributed by atoms with van der Waals surface area (Å²) < 4.78 is 7.08. The highest BCUT2D eigenvalue weighted by Crippen LogP contribution is 2.25. The zero-order valence-corrected chi connectivity index (χ0v) is 12.8. The lowest BCUT2D eigenvalue weighted by molar-refractivity contribution is 0.296. The second-order valence-corrected chi connectivity index (χ2v) is 6.07. The number of thiazole rings is 1. The number of aromatic nitrogens is 3. The Hall–Kier alpha value is -2.53. The number of benzene rings is 2. The molecule has 22 heavy (non-hydrogen) atoms. The van der Waals surface area contributed by atoms with E-state index in [-0.39, 0.29) is 0 Å². The Kier molecular flexibility index (Phi) is 3.20. The van der Waals surface area contributed by atoms with Crippen molar-refractivity contribution < 1.29 is 4.74 Å². The lowest BCUT2D eigenvalue weighted by Crippen LogP contribution is -2.00. The minimum absolute atomic E-state index is 0.416. The first-order valence-corrected chi connectivity index (χ1v) is 7.82. The first-order valence-electron chi connectivity index (χ1n) is 7.00. The third-order valence-corrected chi connectivity index (χ3v) is 4.36. The van der Waals surface area contributed by atoms with E-state index in [1.807, 2.05) is 49.4 Å². The van der Waals surface area contributed by atoms with E-state index in [1.165, 1.54) is 4.70 Å². The molecule has 2 heterocycles. The van der Waals surface area contributed by atoms with Crippen molar-refractivity contribution in [1.82, 2.24) is 15.0 Å². The fourth-order valence-electron chi connectivity index (χ4n) is 2.38. The van der Waals surface area contributed by atoms with Gasteiger partial charge < -0.3 is 4.74 Å². The first-order chi connectivity index (χ1) is 10.8. The summed E-state index contributed by atoms with van der Waals surface area (Å²) in [7, 11) is 0.